The number of methoxy groups -OCH3 is 2. The number of nitrogens with zero attached hydrogens (tertiary/aromatic N) is 4. The van der Waals surface area contributed by atoms with Gasteiger partial charge in [-0.05, 0) is 24.3 Å². The Morgan fingerprint density at radius 1 is 0.968 bits per heavy atom. The van der Waals surface area contributed by atoms with Gasteiger partial charge in [0.1, 0.15) is 12.4 Å². The molecule has 0 spiro atoms. The van der Waals surface area contributed by atoms with Crippen LogP contribution in [0.5, 0.6) is 0 Å². The maximum Gasteiger partial charge on any atom is 0.355 e. The van der Waals surface area contributed by atoms with Crippen LogP contribution in [0.3, 0.4) is 0 Å². The van der Waals surface area contributed by atoms with E-state index in [0.717, 1.165) is 5.56 Å². The lowest BCUT2D eigenvalue weighted by molar-refractivity contribution is -0.140. The summed E-state index contributed by atoms with van der Waals surface area (Å²) in [5.41, 5.74) is 1.87. The molecule has 0 fully saturated rings. The van der Waals surface area contributed by atoms with Gasteiger partial charge in [0.15, 0.2) is 0 Å². The van der Waals surface area contributed by atoms with E-state index >= 15 is 0 Å². The number of hydrogen-bond acceptors (Lipinski definition) is 10. The monoisotopic (exact) mass is 422 g/mol. The lowest BCUT2D eigenvalue weighted by atomic mass is 10.1. The van der Waals surface area contributed by atoms with Crippen molar-refractivity contribution in [3.05, 3.63) is 60.1 Å². The molecule has 0 bridgehead atoms. The predicted molar refractivity (Wildman–Crippen MR) is 107 cm³/mol. The highest BCUT2D eigenvalue weighted by molar-refractivity contribution is 6.04. The third-order valence-corrected chi connectivity index (χ3v) is 4.61. The van der Waals surface area contributed by atoms with E-state index in [2.05, 4.69) is 15.2 Å². The van der Waals surface area contributed by atoms with E-state index in [0.29, 0.717) is 17.1 Å². The molecular weight excluding hydrogens is 404 g/mol. The van der Waals surface area contributed by atoms with Crippen LogP contribution < -0.4 is 4.90 Å². The Balaban J connectivity index is 1.80. The second-order valence-electron chi connectivity index (χ2n) is 6.38. The molecule has 0 unspecified atom stereocenters. The fourth-order valence-corrected chi connectivity index (χ4v) is 3.17. The molecule has 31 heavy (non-hydrogen) atoms. The second kappa shape index (κ2) is 8.76. The highest BCUT2D eigenvalue weighted by atomic mass is 16.5. The van der Waals surface area contributed by atoms with Gasteiger partial charge in [-0.15, -0.1) is 10.2 Å². The van der Waals surface area contributed by atoms with Gasteiger partial charge in [-0.3, -0.25) is 4.98 Å². The summed E-state index contributed by atoms with van der Waals surface area (Å²) in [5.74, 6) is -0.820. The Hall–Kier alpha value is -4.05. The normalized spacial score (nSPS) is 13.8. The zero-order chi connectivity index (χ0) is 21.8. The van der Waals surface area contributed by atoms with E-state index in [1.165, 1.54) is 19.1 Å². The average Bonchev–Trinajstić information content (AvgIpc) is 3.33. The number of hydrogen-bond donors (Lipinski definition) is 0. The average molecular weight is 422 g/mol. The van der Waals surface area contributed by atoms with Crippen molar-refractivity contribution in [3.8, 4) is 22.9 Å². The van der Waals surface area contributed by atoms with Gasteiger partial charge < -0.3 is 23.5 Å². The molecule has 0 aliphatic carbocycles. The van der Waals surface area contributed by atoms with E-state index in [1.54, 1.807) is 48.8 Å². The second-order valence-corrected chi connectivity index (χ2v) is 6.38. The SMILES string of the molecule is COC(=O)C1=C(C(=O)OC)N(c2ccccc2-c2nnc(-c3ccncc3)o2)COC1. The molecule has 0 atom stereocenters. The summed E-state index contributed by atoms with van der Waals surface area (Å²) < 4.78 is 21.1. The van der Waals surface area contributed by atoms with Crippen molar-refractivity contribution in [2.45, 2.75) is 0 Å². The summed E-state index contributed by atoms with van der Waals surface area (Å²) in [6.07, 6.45) is 3.25. The highest BCUT2D eigenvalue weighted by Gasteiger charge is 2.34. The molecule has 2 aromatic heterocycles. The predicted octanol–water partition coefficient (Wildman–Crippen LogP) is 2.19. The Labute approximate surface area is 177 Å². The lowest BCUT2D eigenvalue weighted by Gasteiger charge is -2.32. The van der Waals surface area contributed by atoms with Gasteiger partial charge in [0.2, 0.25) is 11.8 Å². The molecule has 1 aliphatic rings. The fraction of sp³-hybridized carbons (Fsp3) is 0.190. The minimum absolute atomic E-state index is 0.00723. The van der Waals surface area contributed by atoms with Crippen LogP contribution >= 0.6 is 0 Å². The third-order valence-electron chi connectivity index (χ3n) is 4.61. The summed E-state index contributed by atoms with van der Waals surface area (Å²) in [7, 11) is 2.47. The molecule has 1 aliphatic heterocycles. The molecule has 1 aromatic carbocycles. The van der Waals surface area contributed by atoms with Crippen LogP contribution in [0.25, 0.3) is 22.9 Å². The minimum atomic E-state index is -0.693. The minimum Gasteiger partial charge on any atom is -0.466 e. The molecule has 0 saturated heterocycles. The van der Waals surface area contributed by atoms with Crippen LogP contribution in [-0.4, -0.2) is 54.7 Å². The van der Waals surface area contributed by atoms with Crippen LogP contribution in [0.2, 0.25) is 0 Å². The standard InChI is InChI=1S/C21H18N4O6/c1-28-20(26)15-11-30-12-25(17(15)21(27)29-2)16-6-4-3-5-14(16)19-24-23-18(31-19)13-7-9-22-10-8-13/h3-10H,11-12H2,1-2H3. The molecule has 0 saturated carbocycles. The number of ether oxygens (including phenoxy) is 3. The molecule has 3 aromatic rings. The topological polar surface area (TPSA) is 117 Å². The van der Waals surface area contributed by atoms with Gasteiger partial charge in [-0.1, -0.05) is 12.1 Å². The third kappa shape index (κ3) is 3.88. The molecular formula is C21H18N4O6. The Morgan fingerprint density at radius 3 is 2.42 bits per heavy atom. The van der Waals surface area contributed by atoms with Crippen LogP contribution in [0.1, 0.15) is 0 Å². The zero-order valence-electron chi connectivity index (χ0n) is 16.8. The molecule has 0 radical (unpaired) electrons. The van der Waals surface area contributed by atoms with Crippen LogP contribution in [0.4, 0.5) is 5.69 Å². The smallest absolute Gasteiger partial charge is 0.355 e. The van der Waals surface area contributed by atoms with E-state index in [9.17, 15) is 9.59 Å². The first-order valence-corrected chi connectivity index (χ1v) is 9.22. The van der Waals surface area contributed by atoms with Crippen LogP contribution in [0.15, 0.2) is 64.5 Å². The Bertz CT molecular complexity index is 1140. The molecule has 10 heteroatoms. The van der Waals surface area contributed by atoms with E-state index in [4.69, 9.17) is 18.6 Å². The molecule has 0 amide bonds. The van der Waals surface area contributed by atoms with Crippen molar-refractivity contribution in [2.75, 3.05) is 32.5 Å². The lowest BCUT2D eigenvalue weighted by Crippen LogP contribution is -2.39. The van der Waals surface area contributed by atoms with Crippen LogP contribution in [0, 0.1) is 0 Å². The van der Waals surface area contributed by atoms with Gasteiger partial charge in [0, 0.05) is 18.0 Å². The van der Waals surface area contributed by atoms with Gasteiger partial charge >= 0.3 is 11.9 Å². The maximum absolute atomic E-state index is 12.6. The van der Waals surface area contributed by atoms with Crippen molar-refractivity contribution in [3.63, 3.8) is 0 Å². The first-order valence-electron chi connectivity index (χ1n) is 9.22. The zero-order valence-corrected chi connectivity index (χ0v) is 16.8. The highest BCUT2D eigenvalue weighted by Crippen LogP contribution is 2.35. The number of anilines is 1. The molecule has 10 nitrogen and oxygen atoms in total. The summed E-state index contributed by atoms with van der Waals surface area (Å²) in [5, 5.41) is 8.25. The summed E-state index contributed by atoms with van der Waals surface area (Å²) in [6.45, 7) is -0.0736. The number of rotatable bonds is 5. The Morgan fingerprint density at radius 2 is 1.68 bits per heavy atom. The fourth-order valence-electron chi connectivity index (χ4n) is 3.17. The number of para-hydroxylation sites is 1. The van der Waals surface area contributed by atoms with E-state index in [1.807, 2.05) is 0 Å². The molecule has 4 rings (SSSR count). The van der Waals surface area contributed by atoms with Gasteiger partial charge in [-0.2, -0.15) is 0 Å². The van der Waals surface area contributed by atoms with Crippen molar-refractivity contribution >= 4 is 17.6 Å². The number of carbonyl (C=O) groups excluding carboxylic acids is 2. The number of carbonyl (C=O) groups is 2. The first kappa shape index (κ1) is 20.2. The molecule has 158 valence electrons. The Kier molecular flexibility index (Phi) is 5.72. The number of benzene rings is 1. The quantitative estimate of drug-likeness (QED) is 0.566. The number of aromatic nitrogens is 3. The van der Waals surface area contributed by atoms with Gasteiger partial charge in [-0.25, -0.2) is 9.59 Å². The van der Waals surface area contributed by atoms with Crippen molar-refractivity contribution in [2.24, 2.45) is 0 Å². The maximum atomic E-state index is 12.6. The molecule has 0 N–H and O–H groups in total. The first-order chi connectivity index (χ1) is 15.1. The van der Waals surface area contributed by atoms with Gasteiger partial charge in [0.05, 0.1) is 37.7 Å². The summed E-state index contributed by atoms with van der Waals surface area (Å²) in [4.78, 5) is 30.3. The van der Waals surface area contributed by atoms with Crippen molar-refractivity contribution in [1.29, 1.82) is 0 Å². The van der Waals surface area contributed by atoms with Gasteiger partial charge in [0.25, 0.3) is 0 Å². The number of pyridine rings is 1. The molecule has 3 heterocycles. The largest absolute Gasteiger partial charge is 0.466 e. The van der Waals surface area contributed by atoms with E-state index < -0.39 is 11.9 Å². The number of esters is 2. The summed E-state index contributed by atoms with van der Waals surface area (Å²) >= 11 is 0. The van der Waals surface area contributed by atoms with Crippen molar-refractivity contribution < 1.29 is 28.2 Å². The van der Waals surface area contributed by atoms with Crippen LogP contribution in [-0.2, 0) is 23.8 Å². The summed E-state index contributed by atoms with van der Waals surface area (Å²) in [6, 6.07) is 10.6. The van der Waals surface area contributed by atoms with E-state index in [-0.39, 0.29) is 30.5 Å². The van der Waals surface area contributed by atoms with Crippen molar-refractivity contribution in [1.82, 2.24) is 15.2 Å².